The number of amides is 2. The van der Waals surface area contributed by atoms with E-state index < -0.39 is 0 Å². The molecule has 0 saturated heterocycles. The van der Waals surface area contributed by atoms with Gasteiger partial charge in [0.25, 0.3) is 5.91 Å². The van der Waals surface area contributed by atoms with Gasteiger partial charge in [-0.15, -0.1) is 0 Å². The summed E-state index contributed by atoms with van der Waals surface area (Å²) in [5.41, 5.74) is 6.19. The number of benzene rings is 2. The van der Waals surface area contributed by atoms with Crippen molar-refractivity contribution < 1.29 is 9.59 Å². The van der Waals surface area contributed by atoms with Crippen LogP contribution >= 0.6 is 0 Å². The summed E-state index contributed by atoms with van der Waals surface area (Å²) >= 11 is 0. The van der Waals surface area contributed by atoms with E-state index in [2.05, 4.69) is 11.4 Å². The maximum absolute atomic E-state index is 12.2. The van der Waals surface area contributed by atoms with Crippen LogP contribution < -0.4 is 10.2 Å². The van der Waals surface area contributed by atoms with Crippen LogP contribution in [0.4, 0.5) is 5.69 Å². The minimum absolute atomic E-state index is 0.0471. The van der Waals surface area contributed by atoms with Gasteiger partial charge in [-0.3, -0.25) is 9.59 Å². The van der Waals surface area contributed by atoms with Gasteiger partial charge in [-0.1, -0.05) is 18.2 Å². The smallest absolute Gasteiger partial charge is 0.251 e. The molecule has 124 valence electrons. The average Bonchev–Trinajstić information content (AvgIpc) is 2.84. The number of hydrogen-bond acceptors (Lipinski definition) is 2. The van der Waals surface area contributed by atoms with Gasteiger partial charge >= 0.3 is 0 Å². The highest BCUT2D eigenvalue weighted by Crippen LogP contribution is 2.28. The lowest BCUT2D eigenvalue weighted by molar-refractivity contribution is -0.117. The lowest BCUT2D eigenvalue weighted by atomic mass is 10.0. The van der Waals surface area contributed by atoms with Crippen LogP contribution in [-0.2, 0) is 17.6 Å². The van der Waals surface area contributed by atoms with Gasteiger partial charge in [0.1, 0.15) is 0 Å². The molecular weight excluding hydrogens is 300 g/mol. The fourth-order valence-corrected chi connectivity index (χ4v) is 2.98. The second kappa shape index (κ2) is 6.48. The van der Waals surface area contributed by atoms with Crippen molar-refractivity contribution in [1.29, 1.82) is 0 Å². The first-order chi connectivity index (χ1) is 11.5. The largest absolute Gasteiger partial charge is 0.352 e. The van der Waals surface area contributed by atoms with Gasteiger partial charge in [0.05, 0.1) is 6.42 Å². The number of fused-ring (bicyclic) bond motifs is 1. The Hall–Kier alpha value is -2.62. The molecule has 1 heterocycles. The highest BCUT2D eigenvalue weighted by Gasteiger charge is 2.23. The summed E-state index contributed by atoms with van der Waals surface area (Å²) in [6.07, 6.45) is 1.22. The van der Waals surface area contributed by atoms with Gasteiger partial charge in [-0.05, 0) is 60.7 Å². The molecule has 1 N–H and O–H groups in total. The summed E-state index contributed by atoms with van der Waals surface area (Å²) in [6.45, 7) is 4.62. The molecule has 2 amide bonds. The normalized spacial score (nSPS) is 13.1. The van der Waals surface area contributed by atoms with Crippen LogP contribution in [0.5, 0.6) is 0 Å². The van der Waals surface area contributed by atoms with E-state index in [4.69, 9.17) is 0 Å². The second-order valence-corrected chi connectivity index (χ2v) is 6.40. The standard InChI is InChI=1S/C20H22N2O2/c1-13-4-6-16(10-14(13)2)20(24)21-9-8-15-5-7-18-17(11-15)12-19(23)22(18)3/h4-7,10-11H,8-9,12H2,1-3H3,(H,21,24). The Morgan fingerprint density at radius 3 is 2.67 bits per heavy atom. The summed E-state index contributed by atoms with van der Waals surface area (Å²) in [7, 11) is 1.80. The summed E-state index contributed by atoms with van der Waals surface area (Å²) in [5.74, 6) is 0.0827. The van der Waals surface area contributed by atoms with E-state index in [1.165, 1.54) is 5.56 Å². The van der Waals surface area contributed by atoms with Crippen molar-refractivity contribution in [2.75, 3.05) is 18.5 Å². The quantitative estimate of drug-likeness (QED) is 0.941. The third-order valence-electron chi connectivity index (χ3n) is 4.69. The number of anilines is 1. The molecule has 0 unspecified atom stereocenters. The van der Waals surface area contributed by atoms with Crippen LogP contribution in [0.3, 0.4) is 0 Å². The van der Waals surface area contributed by atoms with Crippen LogP contribution in [0.2, 0.25) is 0 Å². The van der Waals surface area contributed by atoms with E-state index in [9.17, 15) is 9.59 Å². The highest BCUT2D eigenvalue weighted by molar-refractivity contribution is 6.01. The summed E-state index contributed by atoms with van der Waals surface area (Å²) < 4.78 is 0. The SMILES string of the molecule is Cc1ccc(C(=O)NCCc2ccc3c(c2)CC(=O)N3C)cc1C. The van der Waals surface area contributed by atoms with Crippen molar-refractivity contribution in [1.82, 2.24) is 5.32 Å². The molecule has 3 rings (SSSR count). The average molecular weight is 322 g/mol. The first-order valence-electron chi connectivity index (χ1n) is 8.19. The van der Waals surface area contributed by atoms with Crippen molar-refractivity contribution >= 4 is 17.5 Å². The van der Waals surface area contributed by atoms with E-state index in [0.29, 0.717) is 18.5 Å². The fourth-order valence-electron chi connectivity index (χ4n) is 2.98. The van der Waals surface area contributed by atoms with Gasteiger partial charge in [0, 0.05) is 24.8 Å². The molecule has 0 bridgehead atoms. The van der Waals surface area contributed by atoms with Crippen molar-refractivity contribution in [3.05, 3.63) is 64.2 Å². The summed E-state index contributed by atoms with van der Waals surface area (Å²) in [6, 6.07) is 11.8. The topological polar surface area (TPSA) is 49.4 Å². The molecule has 0 fully saturated rings. The number of aryl methyl sites for hydroxylation is 2. The molecule has 2 aromatic carbocycles. The number of hydrogen-bond donors (Lipinski definition) is 1. The number of rotatable bonds is 4. The fraction of sp³-hybridized carbons (Fsp3) is 0.300. The van der Waals surface area contributed by atoms with Crippen LogP contribution in [0.1, 0.15) is 32.6 Å². The molecule has 0 aromatic heterocycles. The zero-order valence-electron chi connectivity index (χ0n) is 14.3. The van der Waals surface area contributed by atoms with Gasteiger partial charge in [-0.25, -0.2) is 0 Å². The van der Waals surface area contributed by atoms with Crippen molar-refractivity contribution in [3.63, 3.8) is 0 Å². The first kappa shape index (κ1) is 16.2. The molecule has 0 spiro atoms. The highest BCUT2D eigenvalue weighted by atomic mass is 16.2. The van der Waals surface area contributed by atoms with Crippen LogP contribution in [0.15, 0.2) is 36.4 Å². The molecule has 1 aliphatic rings. The Bertz CT molecular complexity index is 811. The number of carbonyl (C=O) groups is 2. The zero-order valence-corrected chi connectivity index (χ0v) is 14.3. The molecule has 24 heavy (non-hydrogen) atoms. The maximum atomic E-state index is 12.2. The molecule has 4 nitrogen and oxygen atoms in total. The second-order valence-electron chi connectivity index (χ2n) is 6.40. The predicted molar refractivity (Wildman–Crippen MR) is 95.5 cm³/mol. The molecule has 1 aliphatic heterocycles. The van der Waals surface area contributed by atoms with Gasteiger partial charge in [0.15, 0.2) is 0 Å². The Balaban J connectivity index is 1.59. The molecule has 0 radical (unpaired) electrons. The Labute approximate surface area is 142 Å². The molecule has 0 saturated carbocycles. The zero-order chi connectivity index (χ0) is 17.3. The number of nitrogens with zero attached hydrogens (tertiary/aromatic N) is 1. The number of likely N-dealkylation sites (N-methyl/N-ethyl adjacent to an activating group) is 1. The van der Waals surface area contributed by atoms with E-state index in [0.717, 1.165) is 28.8 Å². The minimum Gasteiger partial charge on any atom is -0.352 e. The van der Waals surface area contributed by atoms with Crippen molar-refractivity contribution in [3.8, 4) is 0 Å². The summed E-state index contributed by atoms with van der Waals surface area (Å²) in [5, 5.41) is 2.96. The van der Waals surface area contributed by atoms with Crippen molar-refractivity contribution in [2.45, 2.75) is 26.7 Å². The monoisotopic (exact) mass is 322 g/mol. The van der Waals surface area contributed by atoms with E-state index in [-0.39, 0.29) is 11.8 Å². The molecule has 4 heteroatoms. The summed E-state index contributed by atoms with van der Waals surface area (Å²) in [4.78, 5) is 25.6. The Morgan fingerprint density at radius 1 is 1.12 bits per heavy atom. The lowest BCUT2D eigenvalue weighted by Gasteiger charge is -2.11. The number of nitrogens with one attached hydrogen (secondary N) is 1. The van der Waals surface area contributed by atoms with Gasteiger partial charge in [0.2, 0.25) is 5.91 Å². The van der Waals surface area contributed by atoms with Gasteiger partial charge < -0.3 is 10.2 Å². The molecule has 0 aliphatic carbocycles. The van der Waals surface area contributed by atoms with E-state index in [1.807, 2.05) is 44.2 Å². The van der Waals surface area contributed by atoms with Crippen LogP contribution in [-0.4, -0.2) is 25.4 Å². The Kier molecular flexibility index (Phi) is 4.38. The molecule has 2 aromatic rings. The number of carbonyl (C=O) groups excluding carboxylic acids is 2. The lowest BCUT2D eigenvalue weighted by Crippen LogP contribution is -2.25. The molecule has 0 atom stereocenters. The van der Waals surface area contributed by atoms with Crippen molar-refractivity contribution in [2.24, 2.45) is 0 Å². The van der Waals surface area contributed by atoms with Gasteiger partial charge in [-0.2, -0.15) is 0 Å². The third kappa shape index (κ3) is 3.18. The molecular formula is C20H22N2O2. The van der Waals surface area contributed by atoms with Crippen LogP contribution in [0, 0.1) is 13.8 Å². The minimum atomic E-state index is -0.0471. The van der Waals surface area contributed by atoms with E-state index in [1.54, 1.807) is 11.9 Å². The van der Waals surface area contributed by atoms with E-state index >= 15 is 0 Å². The Morgan fingerprint density at radius 2 is 1.92 bits per heavy atom. The van der Waals surface area contributed by atoms with Crippen LogP contribution in [0.25, 0.3) is 0 Å². The third-order valence-corrected chi connectivity index (χ3v) is 4.69. The predicted octanol–water partition coefficient (Wildman–Crippen LogP) is 2.79. The maximum Gasteiger partial charge on any atom is 0.251 e. The first-order valence-corrected chi connectivity index (χ1v) is 8.19.